The Hall–Kier alpha value is -2.87. The van der Waals surface area contributed by atoms with Crippen LogP contribution >= 0.6 is 0 Å². The van der Waals surface area contributed by atoms with Gasteiger partial charge in [-0.05, 0) is 31.7 Å². The molecule has 0 aliphatic rings. The number of carbonyl (C=O) groups excluding carboxylic acids is 3. The number of aliphatic hydroxyl groups is 1. The fourth-order valence-corrected chi connectivity index (χ4v) is 2.42. The van der Waals surface area contributed by atoms with E-state index in [1.165, 1.54) is 14.0 Å². The molecular weight excluding hydrogens is 364 g/mol. The van der Waals surface area contributed by atoms with Crippen LogP contribution < -0.4 is 10.6 Å². The van der Waals surface area contributed by atoms with Crippen molar-refractivity contribution in [1.82, 2.24) is 10.6 Å². The van der Waals surface area contributed by atoms with Gasteiger partial charge < -0.3 is 25.2 Å². The predicted octanol–water partition coefficient (Wildman–Crippen LogP) is 1.68. The molecule has 154 valence electrons. The number of alkyl carbamates (subject to hydrolysis) is 1. The maximum absolute atomic E-state index is 12.5. The summed E-state index contributed by atoms with van der Waals surface area (Å²) in [5.41, 5.74) is 0.781. The molecule has 3 N–H and O–H groups in total. The highest BCUT2D eigenvalue weighted by Gasteiger charge is 2.30. The van der Waals surface area contributed by atoms with Gasteiger partial charge in [0, 0.05) is 0 Å². The van der Waals surface area contributed by atoms with Crippen molar-refractivity contribution in [1.29, 1.82) is 0 Å². The smallest absolute Gasteiger partial charge is 0.408 e. The highest BCUT2D eigenvalue weighted by atomic mass is 16.5. The lowest BCUT2D eigenvalue weighted by molar-refractivity contribution is -0.145. The monoisotopic (exact) mass is 392 g/mol. The first-order chi connectivity index (χ1) is 13.4. The third-order valence-electron chi connectivity index (χ3n) is 3.95. The zero-order valence-corrected chi connectivity index (χ0v) is 16.2. The van der Waals surface area contributed by atoms with Gasteiger partial charge in [0.2, 0.25) is 5.91 Å². The number of esters is 1. The molecule has 28 heavy (non-hydrogen) atoms. The molecule has 0 aromatic heterocycles. The first-order valence-electron chi connectivity index (χ1n) is 9.03. The molecule has 2 amide bonds. The van der Waals surface area contributed by atoms with Crippen LogP contribution in [0.5, 0.6) is 0 Å². The van der Waals surface area contributed by atoms with Gasteiger partial charge in [0.1, 0.15) is 18.7 Å². The van der Waals surface area contributed by atoms with E-state index in [1.54, 1.807) is 18.2 Å². The van der Waals surface area contributed by atoms with E-state index in [0.29, 0.717) is 19.3 Å². The molecular formula is C20H28N2O6. The Kier molecular flexibility index (Phi) is 10.3. The number of benzene rings is 1. The lowest BCUT2D eigenvalue weighted by Gasteiger charge is -2.23. The van der Waals surface area contributed by atoms with Crippen LogP contribution in [0, 0.1) is 0 Å². The summed E-state index contributed by atoms with van der Waals surface area (Å²) in [5, 5.41) is 14.7. The third kappa shape index (κ3) is 8.22. The van der Waals surface area contributed by atoms with Crippen molar-refractivity contribution in [3.8, 4) is 0 Å². The molecule has 1 aromatic carbocycles. The number of carbonyl (C=O) groups is 3. The molecule has 0 aliphatic heterocycles. The molecule has 0 aliphatic carbocycles. The largest absolute Gasteiger partial charge is 0.467 e. The van der Waals surface area contributed by atoms with Crippen LogP contribution in [-0.4, -0.2) is 48.4 Å². The van der Waals surface area contributed by atoms with Crippen molar-refractivity contribution in [2.24, 2.45) is 0 Å². The average molecular weight is 392 g/mol. The maximum Gasteiger partial charge on any atom is 0.408 e. The zero-order chi connectivity index (χ0) is 20.9. The summed E-state index contributed by atoms with van der Waals surface area (Å²) in [5.74, 6) is -1.31. The van der Waals surface area contributed by atoms with E-state index in [-0.39, 0.29) is 6.61 Å². The second kappa shape index (κ2) is 12.5. The van der Waals surface area contributed by atoms with Gasteiger partial charge in [0.15, 0.2) is 0 Å². The number of unbranched alkanes of at least 4 members (excludes halogenated alkanes) is 1. The molecule has 0 bridgehead atoms. The molecule has 8 nitrogen and oxygen atoms in total. The van der Waals surface area contributed by atoms with E-state index in [9.17, 15) is 19.5 Å². The van der Waals surface area contributed by atoms with E-state index >= 15 is 0 Å². The Morgan fingerprint density at radius 2 is 1.89 bits per heavy atom. The first-order valence-corrected chi connectivity index (χ1v) is 9.03. The van der Waals surface area contributed by atoms with E-state index in [2.05, 4.69) is 17.2 Å². The molecule has 0 fully saturated rings. The topological polar surface area (TPSA) is 114 Å². The molecule has 8 heteroatoms. The van der Waals surface area contributed by atoms with E-state index < -0.39 is 36.2 Å². The standard InChI is InChI=1S/C20H28N2O6/c1-4-5-7-12-16(19(25)27-3)21-18(24)17(14(2)23)22-20(26)28-13-15-10-8-6-9-11-15/h4,6,8-11,14,16-17,23H,1,5,7,12-13H2,2-3H3,(H,21,24)(H,22,26)/t14-,16-,17+/m1/s1. The number of ether oxygens (including phenoxy) is 2. The molecule has 1 aromatic rings. The van der Waals surface area contributed by atoms with Crippen molar-refractivity contribution < 1.29 is 29.0 Å². The predicted molar refractivity (Wildman–Crippen MR) is 103 cm³/mol. The molecule has 0 unspecified atom stereocenters. The molecule has 0 spiro atoms. The van der Waals surface area contributed by atoms with Gasteiger partial charge in [-0.15, -0.1) is 6.58 Å². The van der Waals surface area contributed by atoms with Crippen LogP contribution in [0.1, 0.15) is 31.7 Å². The van der Waals surface area contributed by atoms with Crippen LogP contribution in [0.4, 0.5) is 4.79 Å². The van der Waals surface area contributed by atoms with Crippen molar-refractivity contribution in [2.75, 3.05) is 7.11 Å². The van der Waals surface area contributed by atoms with E-state index in [1.807, 2.05) is 18.2 Å². The van der Waals surface area contributed by atoms with Crippen molar-refractivity contribution >= 4 is 18.0 Å². The van der Waals surface area contributed by atoms with Crippen LogP contribution in [0.25, 0.3) is 0 Å². The van der Waals surface area contributed by atoms with Crippen molar-refractivity contribution in [3.63, 3.8) is 0 Å². The summed E-state index contributed by atoms with van der Waals surface area (Å²) in [7, 11) is 1.22. The Balaban J connectivity index is 2.65. The van der Waals surface area contributed by atoms with Gasteiger partial charge in [-0.25, -0.2) is 9.59 Å². The highest BCUT2D eigenvalue weighted by Crippen LogP contribution is 2.06. The zero-order valence-electron chi connectivity index (χ0n) is 16.2. The van der Waals surface area contributed by atoms with Crippen LogP contribution in [0.3, 0.4) is 0 Å². The van der Waals surface area contributed by atoms with Crippen LogP contribution in [0.15, 0.2) is 43.0 Å². The Morgan fingerprint density at radius 1 is 1.21 bits per heavy atom. The van der Waals surface area contributed by atoms with Gasteiger partial charge >= 0.3 is 12.1 Å². The summed E-state index contributed by atoms with van der Waals surface area (Å²) < 4.78 is 9.77. The highest BCUT2D eigenvalue weighted by molar-refractivity contribution is 5.90. The minimum absolute atomic E-state index is 0.0210. The fourth-order valence-electron chi connectivity index (χ4n) is 2.42. The van der Waals surface area contributed by atoms with Gasteiger partial charge in [-0.3, -0.25) is 4.79 Å². The summed E-state index contributed by atoms with van der Waals surface area (Å²) >= 11 is 0. The van der Waals surface area contributed by atoms with Crippen molar-refractivity contribution in [2.45, 2.75) is 51.0 Å². The van der Waals surface area contributed by atoms with Crippen molar-refractivity contribution in [3.05, 3.63) is 48.6 Å². The number of allylic oxidation sites excluding steroid dienone is 1. The molecule has 0 heterocycles. The fraction of sp³-hybridized carbons (Fsp3) is 0.450. The third-order valence-corrected chi connectivity index (χ3v) is 3.95. The quantitative estimate of drug-likeness (QED) is 0.300. The Labute approximate surface area is 164 Å². The summed E-state index contributed by atoms with van der Waals surface area (Å²) in [6, 6.07) is 6.86. The molecule has 0 radical (unpaired) electrons. The Bertz CT molecular complexity index is 647. The SMILES string of the molecule is C=CCCC[C@@H](NC(=O)[C@@H](NC(=O)OCc1ccccc1)[C@@H](C)O)C(=O)OC. The molecule has 0 saturated carbocycles. The van der Waals surface area contributed by atoms with Gasteiger partial charge in [0.25, 0.3) is 0 Å². The molecule has 3 atom stereocenters. The molecule has 1 rings (SSSR count). The second-order valence-electron chi connectivity index (χ2n) is 6.23. The van der Waals surface area contributed by atoms with E-state index in [0.717, 1.165) is 5.56 Å². The van der Waals surface area contributed by atoms with Crippen LogP contribution in [-0.2, 0) is 25.7 Å². The lowest BCUT2D eigenvalue weighted by Crippen LogP contribution is -2.55. The van der Waals surface area contributed by atoms with Crippen LogP contribution in [0.2, 0.25) is 0 Å². The number of nitrogens with one attached hydrogen (secondary N) is 2. The van der Waals surface area contributed by atoms with Gasteiger partial charge in [0.05, 0.1) is 13.2 Å². The summed E-state index contributed by atoms with van der Waals surface area (Å²) in [6.45, 7) is 4.98. The number of aliphatic hydroxyl groups excluding tert-OH is 1. The normalized spacial score (nSPS) is 13.5. The number of methoxy groups -OCH3 is 1. The first kappa shape index (κ1) is 23.2. The number of hydrogen-bond donors (Lipinski definition) is 3. The lowest BCUT2D eigenvalue weighted by atomic mass is 10.1. The molecule has 0 saturated heterocycles. The summed E-state index contributed by atoms with van der Waals surface area (Å²) in [6.07, 6.45) is 1.29. The summed E-state index contributed by atoms with van der Waals surface area (Å²) in [4.78, 5) is 36.4. The number of rotatable bonds is 11. The second-order valence-corrected chi connectivity index (χ2v) is 6.23. The van der Waals surface area contributed by atoms with Gasteiger partial charge in [-0.2, -0.15) is 0 Å². The van der Waals surface area contributed by atoms with Gasteiger partial charge in [-0.1, -0.05) is 36.4 Å². The minimum Gasteiger partial charge on any atom is -0.467 e. The number of hydrogen-bond acceptors (Lipinski definition) is 6. The Morgan fingerprint density at radius 3 is 2.46 bits per heavy atom. The minimum atomic E-state index is -1.28. The van der Waals surface area contributed by atoms with E-state index in [4.69, 9.17) is 9.47 Å². The average Bonchev–Trinajstić information content (AvgIpc) is 2.69. The number of amides is 2. The maximum atomic E-state index is 12.5.